The van der Waals surface area contributed by atoms with Crippen LogP contribution in [-0.4, -0.2) is 20.1 Å². The summed E-state index contributed by atoms with van der Waals surface area (Å²) in [6, 6.07) is 18.6. The maximum atomic E-state index is 11.9. The van der Waals surface area contributed by atoms with Crippen molar-refractivity contribution in [3.8, 4) is 11.1 Å². The Balaban J connectivity index is 2.10. The highest BCUT2D eigenvalue weighted by molar-refractivity contribution is 5.90. The lowest BCUT2D eigenvalue weighted by Crippen LogP contribution is -2.34. The SMILES string of the molecule is COC(=O)c1ccc(-c2cc(C(C)C)c(C(C)C)c3c2=Cc2ccccc2N(C)C=3)cc1. The van der Waals surface area contributed by atoms with Gasteiger partial charge in [-0.05, 0) is 75.2 Å². The van der Waals surface area contributed by atoms with E-state index in [0.717, 1.165) is 5.56 Å². The average molecular weight is 426 g/mol. The zero-order valence-corrected chi connectivity index (χ0v) is 19.8. The third-order valence-corrected chi connectivity index (χ3v) is 6.24. The molecule has 0 N–H and O–H groups in total. The zero-order chi connectivity index (χ0) is 23.0. The predicted molar refractivity (Wildman–Crippen MR) is 134 cm³/mol. The molecule has 0 unspecified atom stereocenters. The normalized spacial score (nSPS) is 12.6. The molecule has 164 valence electrons. The molecule has 0 atom stereocenters. The van der Waals surface area contributed by atoms with Gasteiger partial charge in [0.15, 0.2) is 0 Å². The van der Waals surface area contributed by atoms with Crippen molar-refractivity contribution in [1.29, 1.82) is 0 Å². The first-order valence-corrected chi connectivity index (χ1v) is 11.2. The van der Waals surface area contributed by atoms with E-state index < -0.39 is 0 Å². The number of anilines is 1. The van der Waals surface area contributed by atoms with Crippen LogP contribution in [0.4, 0.5) is 5.69 Å². The van der Waals surface area contributed by atoms with E-state index in [4.69, 9.17) is 4.74 Å². The number of carbonyl (C=O) groups excluding carboxylic acids is 1. The van der Waals surface area contributed by atoms with E-state index in [1.807, 2.05) is 24.3 Å². The fraction of sp³-hybridized carbons (Fsp3) is 0.276. The van der Waals surface area contributed by atoms with Crippen molar-refractivity contribution < 1.29 is 9.53 Å². The number of methoxy groups -OCH3 is 1. The van der Waals surface area contributed by atoms with Gasteiger partial charge in [0.1, 0.15) is 0 Å². The third kappa shape index (κ3) is 3.84. The smallest absolute Gasteiger partial charge is 0.337 e. The van der Waals surface area contributed by atoms with E-state index in [2.05, 4.69) is 82.3 Å². The number of esters is 1. The Bertz CT molecular complexity index is 1280. The Morgan fingerprint density at radius 1 is 0.906 bits per heavy atom. The molecule has 0 bridgehead atoms. The third-order valence-electron chi connectivity index (χ3n) is 6.24. The molecule has 3 nitrogen and oxygen atoms in total. The lowest BCUT2D eigenvalue weighted by atomic mass is 9.84. The number of para-hydroxylation sites is 1. The Labute approximate surface area is 190 Å². The molecule has 1 heterocycles. The van der Waals surface area contributed by atoms with Gasteiger partial charge in [-0.3, -0.25) is 0 Å². The van der Waals surface area contributed by atoms with Gasteiger partial charge in [-0.2, -0.15) is 0 Å². The Morgan fingerprint density at radius 3 is 2.22 bits per heavy atom. The summed E-state index contributed by atoms with van der Waals surface area (Å²) in [5.41, 5.74) is 8.01. The lowest BCUT2D eigenvalue weighted by Gasteiger charge is -2.21. The van der Waals surface area contributed by atoms with Crippen LogP contribution < -0.4 is 15.3 Å². The molecule has 0 radical (unpaired) electrons. The van der Waals surface area contributed by atoms with Crippen molar-refractivity contribution in [2.45, 2.75) is 39.5 Å². The summed E-state index contributed by atoms with van der Waals surface area (Å²) < 4.78 is 4.88. The van der Waals surface area contributed by atoms with Crippen LogP contribution in [0.5, 0.6) is 0 Å². The van der Waals surface area contributed by atoms with Gasteiger partial charge in [-0.15, -0.1) is 0 Å². The fourth-order valence-corrected chi connectivity index (χ4v) is 4.67. The van der Waals surface area contributed by atoms with Gasteiger partial charge in [0.2, 0.25) is 0 Å². The second-order valence-electron chi connectivity index (χ2n) is 9.08. The van der Waals surface area contributed by atoms with E-state index >= 15 is 0 Å². The maximum Gasteiger partial charge on any atom is 0.337 e. The number of nitrogens with zero attached hydrogens (tertiary/aromatic N) is 1. The van der Waals surface area contributed by atoms with E-state index in [9.17, 15) is 4.79 Å². The van der Waals surface area contributed by atoms with Gasteiger partial charge >= 0.3 is 5.97 Å². The van der Waals surface area contributed by atoms with Gasteiger partial charge in [0.05, 0.1) is 12.7 Å². The average Bonchev–Trinajstić information content (AvgIpc) is 2.93. The molecule has 32 heavy (non-hydrogen) atoms. The van der Waals surface area contributed by atoms with Crippen molar-refractivity contribution >= 4 is 23.9 Å². The summed E-state index contributed by atoms with van der Waals surface area (Å²) >= 11 is 0. The summed E-state index contributed by atoms with van der Waals surface area (Å²) in [5, 5.41) is 2.50. The topological polar surface area (TPSA) is 29.5 Å². The summed E-state index contributed by atoms with van der Waals surface area (Å²) in [6.45, 7) is 9.07. The summed E-state index contributed by atoms with van der Waals surface area (Å²) in [7, 11) is 3.53. The summed E-state index contributed by atoms with van der Waals surface area (Å²) in [4.78, 5) is 14.2. The van der Waals surface area contributed by atoms with Crippen LogP contribution in [0, 0.1) is 0 Å². The van der Waals surface area contributed by atoms with Gasteiger partial charge in [-0.1, -0.05) is 58.0 Å². The van der Waals surface area contributed by atoms with Crippen LogP contribution >= 0.6 is 0 Å². The Hall–Kier alpha value is -3.33. The highest BCUT2D eigenvalue weighted by atomic mass is 16.5. The summed E-state index contributed by atoms with van der Waals surface area (Å²) in [5.74, 6) is 0.482. The van der Waals surface area contributed by atoms with Crippen LogP contribution in [0.25, 0.3) is 23.4 Å². The molecule has 0 aromatic heterocycles. The van der Waals surface area contributed by atoms with Crippen LogP contribution in [-0.2, 0) is 4.74 Å². The number of hydrogen-bond donors (Lipinski definition) is 0. The predicted octanol–water partition coefficient (Wildman–Crippen LogP) is 5.40. The minimum atomic E-state index is -0.316. The fourth-order valence-electron chi connectivity index (χ4n) is 4.67. The van der Waals surface area contributed by atoms with Crippen molar-refractivity contribution in [3.63, 3.8) is 0 Å². The maximum absolute atomic E-state index is 11.9. The molecule has 0 spiro atoms. The molecule has 1 aliphatic heterocycles. The van der Waals surface area contributed by atoms with Crippen LogP contribution in [0.15, 0.2) is 54.6 Å². The Morgan fingerprint density at radius 2 is 1.59 bits per heavy atom. The van der Waals surface area contributed by atoms with E-state index in [1.54, 1.807) is 0 Å². The molecule has 1 aliphatic rings. The minimum Gasteiger partial charge on any atom is -0.465 e. The number of fused-ring (bicyclic) bond motifs is 2. The first kappa shape index (κ1) is 21.9. The molecule has 0 amide bonds. The first-order valence-electron chi connectivity index (χ1n) is 11.2. The highest BCUT2D eigenvalue weighted by Gasteiger charge is 2.19. The van der Waals surface area contributed by atoms with Crippen LogP contribution in [0.2, 0.25) is 0 Å². The lowest BCUT2D eigenvalue weighted by molar-refractivity contribution is 0.0601. The molecular weight excluding hydrogens is 394 g/mol. The van der Waals surface area contributed by atoms with Gasteiger partial charge in [0, 0.05) is 24.2 Å². The van der Waals surface area contributed by atoms with Crippen molar-refractivity contribution in [2.75, 3.05) is 19.1 Å². The first-order chi connectivity index (χ1) is 15.3. The number of carbonyl (C=O) groups is 1. The van der Waals surface area contributed by atoms with Crippen molar-refractivity contribution in [2.24, 2.45) is 0 Å². The summed E-state index contributed by atoms with van der Waals surface area (Å²) in [6.07, 6.45) is 4.59. The van der Waals surface area contributed by atoms with Gasteiger partial charge < -0.3 is 9.64 Å². The number of hydrogen-bond acceptors (Lipinski definition) is 3. The minimum absolute atomic E-state index is 0.316. The van der Waals surface area contributed by atoms with Gasteiger partial charge in [-0.25, -0.2) is 4.79 Å². The quantitative estimate of drug-likeness (QED) is 0.524. The molecule has 0 fully saturated rings. The Kier molecular flexibility index (Phi) is 5.92. The second-order valence-corrected chi connectivity index (χ2v) is 9.08. The second kappa shape index (κ2) is 8.66. The van der Waals surface area contributed by atoms with E-state index in [1.165, 1.54) is 45.5 Å². The van der Waals surface area contributed by atoms with E-state index in [-0.39, 0.29) is 5.97 Å². The van der Waals surface area contributed by atoms with Crippen LogP contribution in [0.1, 0.15) is 66.6 Å². The molecule has 0 saturated heterocycles. The molecule has 4 rings (SSSR count). The number of rotatable bonds is 4. The molecule has 0 aliphatic carbocycles. The van der Waals surface area contributed by atoms with Gasteiger partial charge in [0.25, 0.3) is 0 Å². The molecule has 3 heteroatoms. The van der Waals surface area contributed by atoms with Crippen LogP contribution in [0.3, 0.4) is 0 Å². The van der Waals surface area contributed by atoms with Crippen molar-refractivity contribution in [1.82, 2.24) is 0 Å². The number of ether oxygens (including phenoxy) is 1. The molecule has 0 saturated carbocycles. The molecular formula is C29H31NO2. The highest BCUT2D eigenvalue weighted by Crippen LogP contribution is 2.29. The van der Waals surface area contributed by atoms with Crippen molar-refractivity contribution in [3.05, 3.63) is 87.3 Å². The van der Waals surface area contributed by atoms with E-state index in [0.29, 0.717) is 17.4 Å². The monoisotopic (exact) mass is 425 g/mol. The number of benzene rings is 3. The molecule has 3 aromatic rings. The zero-order valence-electron chi connectivity index (χ0n) is 19.8. The standard InChI is InChI=1S/C29H31NO2/c1-18(2)23-16-24(20-11-13-21(14-12-20)29(31)32-6)25-15-22-9-7-8-10-27(22)30(5)17-26(25)28(23)19(3)4/h7-19H,1-6H3. The largest absolute Gasteiger partial charge is 0.465 e. The molecule has 3 aromatic carbocycles.